The van der Waals surface area contributed by atoms with Crippen LogP contribution in [-0.2, 0) is 6.42 Å². The number of halogens is 1. The van der Waals surface area contributed by atoms with Crippen molar-refractivity contribution in [2.75, 3.05) is 18.6 Å². The molecule has 3 atom stereocenters. The fourth-order valence-corrected chi connectivity index (χ4v) is 5.78. The summed E-state index contributed by atoms with van der Waals surface area (Å²) in [6.07, 6.45) is 0.900. The Balaban J connectivity index is 2.13. The average molecular weight is 377 g/mol. The number of ether oxygens (including phenoxy) is 1. The Morgan fingerprint density at radius 1 is 1.45 bits per heavy atom. The highest BCUT2D eigenvalue weighted by atomic mass is 79.9. The topological polar surface area (TPSA) is 47.3 Å². The summed E-state index contributed by atoms with van der Waals surface area (Å²) in [5, 5.41) is 1.16. The molecule has 20 heavy (non-hydrogen) atoms. The molecule has 3 unspecified atom stereocenters. The molecule has 1 fully saturated rings. The second kappa shape index (κ2) is 7.94. The molecule has 1 aliphatic heterocycles. The van der Waals surface area contributed by atoms with E-state index >= 15 is 0 Å². The lowest BCUT2D eigenvalue weighted by Gasteiger charge is -2.34. The largest absolute Gasteiger partial charge is 0.497 e. The van der Waals surface area contributed by atoms with Gasteiger partial charge in [-0.1, -0.05) is 22.9 Å². The summed E-state index contributed by atoms with van der Waals surface area (Å²) >= 11 is 7.69. The van der Waals surface area contributed by atoms with Crippen molar-refractivity contribution in [1.29, 1.82) is 0 Å². The van der Waals surface area contributed by atoms with Gasteiger partial charge in [0, 0.05) is 32.5 Å². The van der Waals surface area contributed by atoms with Gasteiger partial charge >= 0.3 is 0 Å². The summed E-state index contributed by atoms with van der Waals surface area (Å²) in [5.74, 6) is 9.15. The smallest absolute Gasteiger partial charge is 0.119 e. The van der Waals surface area contributed by atoms with Crippen LogP contribution in [0, 0.1) is 0 Å². The van der Waals surface area contributed by atoms with Gasteiger partial charge in [-0.2, -0.15) is 23.5 Å². The van der Waals surface area contributed by atoms with Gasteiger partial charge in [-0.15, -0.1) is 0 Å². The van der Waals surface area contributed by atoms with Crippen LogP contribution in [-0.4, -0.2) is 35.2 Å². The number of methoxy groups -OCH3 is 1. The van der Waals surface area contributed by atoms with Gasteiger partial charge in [-0.05, 0) is 30.2 Å². The molecule has 0 aliphatic carbocycles. The quantitative estimate of drug-likeness (QED) is 0.610. The first-order chi connectivity index (χ1) is 9.65. The van der Waals surface area contributed by atoms with Crippen molar-refractivity contribution in [2.45, 2.75) is 29.9 Å². The molecule has 1 aliphatic rings. The van der Waals surface area contributed by atoms with E-state index in [0.29, 0.717) is 10.5 Å². The lowest BCUT2D eigenvalue weighted by atomic mass is 10.0. The predicted octanol–water partition coefficient (Wildman–Crippen LogP) is 3.07. The van der Waals surface area contributed by atoms with Gasteiger partial charge in [0.1, 0.15) is 5.75 Å². The molecule has 3 nitrogen and oxygen atoms in total. The first kappa shape index (κ1) is 16.5. The van der Waals surface area contributed by atoms with Gasteiger partial charge in [0.2, 0.25) is 0 Å². The highest BCUT2D eigenvalue weighted by molar-refractivity contribution is 9.10. The molecule has 1 aromatic carbocycles. The van der Waals surface area contributed by atoms with Crippen LogP contribution in [0.4, 0.5) is 0 Å². The number of nitrogens with one attached hydrogen (secondary N) is 1. The first-order valence-corrected chi connectivity index (χ1v) is 9.56. The summed E-state index contributed by atoms with van der Waals surface area (Å²) in [7, 11) is 1.70. The number of nitrogens with two attached hydrogens (primary N) is 1. The lowest BCUT2D eigenvalue weighted by molar-refractivity contribution is 0.413. The van der Waals surface area contributed by atoms with Crippen LogP contribution in [0.1, 0.15) is 12.5 Å². The molecule has 6 heteroatoms. The van der Waals surface area contributed by atoms with Gasteiger partial charge in [-0.25, -0.2) is 0 Å². The predicted molar refractivity (Wildman–Crippen MR) is 93.7 cm³/mol. The van der Waals surface area contributed by atoms with E-state index in [4.69, 9.17) is 10.6 Å². The molecular weight excluding hydrogens is 356 g/mol. The summed E-state index contributed by atoms with van der Waals surface area (Å²) in [5.41, 5.74) is 4.25. The zero-order valence-corrected chi connectivity index (χ0v) is 15.0. The highest BCUT2D eigenvalue weighted by Gasteiger charge is 2.30. The molecular formula is C14H21BrN2OS2. The van der Waals surface area contributed by atoms with Crippen molar-refractivity contribution in [3.8, 4) is 5.75 Å². The molecule has 112 valence electrons. The Morgan fingerprint density at radius 3 is 2.85 bits per heavy atom. The standard InChI is InChI=1S/C14H21BrN2OS2/c1-9-14(20-6-5-19-9)13(17-16)8-10-7-11(18-2)3-4-12(10)15/h3-4,7,9,13-14,17H,5-6,8,16H2,1-2H3. The number of rotatable bonds is 5. The molecule has 0 bridgehead atoms. The van der Waals surface area contributed by atoms with Crippen LogP contribution in [0.15, 0.2) is 22.7 Å². The lowest BCUT2D eigenvalue weighted by Crippen LogP contribution is -2.48. The zero-order chi connectivity index (χ0) is 14.5. The van der Waals surface area contributed by atoms with Crippen LogP contribution in [0.3, 0.4) is 0 Å². The van der Waals surface area contributed by atoms with Crippen molar-refractivity contribution in [3.05, 3.63) is 28.2 Å². The second-order valence-corrected chi connectivity index (χ2v) is 8.47. The minimum Gasteiger partial charge on any atom is -0.497 e. The van der Waals surface area contributed by atoms with Crippen LogP contribution < -0.4 is 16.0 Å². The minimum atomic E-state index is 0.270. The van der Waals surface area contributed by atoms with E-state index < -0.39 is 0 Å². The third-order valence-electron chi connectivity index (χ3n) is 3.54. The Labute approximate surface area is 137 Å². The normalized spacial score (nSPS) is 24.4. The molecule has 0 saturated carbocycles. The Kier molecular flexibility index (Phi) is 6.55. The summed E-state index contributed by atoms with van der Waals surface area (Å²) in [4.78, 5) is 0. The Bertz CT molecular complexity index is 447. The molecule has 0 spiro atoms. The van der Waals surface area contributed by atoms with Crippen molar-refractivity contribution < 1.29 is 4.74 Å². The van der Waals surface area contributed by atoms with Crippen molar-refractivity contribution in [2.24, 2.45) is 5.84 Å². The summed E-state index contributed by atoms with van der Waals surface area (Å²) in [6, 6.07) is 6.35. The van der Waals surface area contributed by atoms with Crippen molar-refractivity contribution in [1.82, 2.24) is 5.43 Å². The molecule has 1 heterocycles. The SMILES string of the molecule is COc1ccc(Br)c(CC(NN)C2SCCSC2C)c1. The fraction of sp³-hybridized carbons (Fsp3) is 0.571. The molecule has 0 aromatic heterocycles. The summed E-state index contributed by atoms with van der Waals surface area (Å²) < 4.78 is 6.42. The monoisotopic (exact) mass is 376 g/mol. The van der Waals surface area contributed by atoms with E-state index in [9.17, 15) is 0 Å². The molecule has 0 radical (unpaired) electrons. The molecule has 1 aromatic rings. The number of hydrogen-bond donors (Lipinski definition) is 2. The van der Waals surface area contributed by atoms with Gasteiger partial charge < -0.3 is 4.74 Å². The molecule has 1 saturated heterocycles. The first-order valence-electron chi connectivity index (χ1n) is 6.67. The Hall–Kier alpha value is 0.120. The van der Waals surface area contributed by atoms with E-state index in [2.05, 4.69) is 34.3 Å². The van der Waals surface area contributed by atoms with Crippen molar-refractivity contribution in [3.63, 3.8) is 0 Å². The van der Waals surface area contributed by atoms with Gasteiger partial charge in [-0.3, -0.25) is 11.3 Å². The number of hydrazine groups is 1. The van der Waals surface area contributed by atoms with E-state index in [-0.39, 0.29) is 6.04 Å². The van der Waals surface area contributed by atoms with E-state index in [1.165, 1.54) is 17.1 Å². The van der Waals surface area contributed by atoms with E-state index in [1.54, 1.807) is 7.11 Å². The van der Waals surface area contributed by atoms with Crippen LogP contribution in [0.25, 0.3) is 0 Å². The number of hydrogen-bond acceptors (Lipinski definition) is 5. The summed E-state index contributed by atoms with van der Waals surface area (Å²) in [6.45, 7) is 2.30. The molecule has 0 amide bonds. The van der Waals surface area contributed by atoms with Gasteiger partial charge in [0.05, 0.1) is 7.11 Å². The van der Waals surface area contributed by atoms with Gasteiger partial charge in [0.25, 0.3) is 0 Å². The average Bonchev–Trinajstić information content (AvgIpc) is 2.47. The number of thioether (sulfide) groups is 2. The number of benzene rings is 1. The van der Waals surface area contributed by atoms with E-state index in [1.807, 2.05) is 35.7 Å². The zero-order valence-electron chi connectivity index (χ0n) is 11.8. The van der Waals surface area contributed by atoms with E-state index in [0.717, 1.165) is 16.6 Å². The maximum absolute atomic E-state index is 5.82. The van der Waals surface area contributed by atoms with Gasteiger partial charge in [0.15, 0.2) is 0 Å². The maximum Gasteiger partial charge on any atom is 0.119 e. The third-order valence-corrected chi connectivity index (χ3v) is 7.57. The molecule has 2 rings (SSSR count). The highest BCUT2D eigenvalue weighted by Crippen LogP contribution is 2.34. The maximum atomic E-state index is 5.82. The third kappa shape index (κ3) is 4.07. The Morgan fingerprint density at radius 2 is 2.20 bits per heavy atom. The van der Waals surface area contributed by atoms with Crippen LogP contribution in [0.5, 0.6) is 5.75 Å². The van der Waals surface area contributed by atoms with Crippen molar-refractivity contribution >= 4 is 39.5 Å². The van der Waals surface area contributed by atoms with Crippen LogP contribution in [0.2, 0.25) is 0 Å². The molecule has 3 N–H and O–H groups in total. The minimum absolute atomic E-state index is 0.270. The van der Waals surface area contributed by atoms with Crippen LogP contribution >= 0.6 is 39.5 Å². The fourth-order valence-electron chi connectivity index (χ4n) is 2.43. The second-order valence-electron chi connectivity index (χ2n) is 4.85.